The van der Waals surface area contributed by atoms with E-state index >= 15 is 33.6 Å². The van der Waals surface area contributed by atoms with Gasteiger partial charge in [0.25, 0.3) is 0 Å². The summed E-state index contributed by atoms with van der Waals surface area (Å²) >= 11 is 6.42. The molecule has 12 amide bonds. The molecule has 29 heteroatoms. The Labute approximate surface area is 619 Å². The van der Waals surface area contributed by atoms with Gasteiger partial charge in [-0.25, -0.2) is 0 Å². The number of piperidine rings is 1. The lowest BCUT2D eigenvalue weighted by Crippen LogP contribution is -2.65. The molecule has 104 heavy (non-hydrogen) atoms. The maximum absolute atomic E-state index is 15.9. The molecule has 588 valence electrons. The molecule has 0 aromatic rings. The Morgan fingerprint density at radius 2 is 1.20 bits per heavy atom. The number of carbonyl (C=O) groups is 12. The van der Waals surface area contributed by atoms with Gasteiger partial charge in [-0.2, -0.15) is 13.2 Å². The summed E-state index contributed by atoms with van der Waals surface area (Å²) in [5.74, 6) is -10.4. The zero-order valence-electron chi connectivity index (χ0n) is 63.9. The number of carbonyl (C=O) groups excluding carboxylic acids is 12. The maximum Gasteiger partial charge on any atom is 0.393 e. The molecule has 3 N–H and O–H groups in total. The van der Waals surface area contributed by atoms with Crippen molar-refractivity contribution in [1.82, 2.24) is 60.0 Å². The van der Waals surface area contributed by atoms with Crippen molar-refractivity contribution in [2.24, 2.45) is 35.5 Å². The topological polar surface area (TPSA) is 279 Å². The molecule has 4 aliphatic carbocycles. The molecule has 0 radical (unpaired) electrons. The fraction of sp³-hybridized carbons (Fsp3) is 0.840. The maximum atomic E-state index is 15.9. The number of amides is 12. The van der Waals surface area contributed by atoms with Crippen LogP contribution in [0.15, 0.2) is 0 Å². The molecule has 3 saturated heterocycles. The summed E-state index contributed by atoms with van der Waals surface area (Å²) in [6, 6.07) is -8.85. The van der Waals surface area contributed by atoms with E-state index in [2.05, 4.69) is 16.0 Å². The highest BCUT2D eigenvalue weighted by molar-refractivity contribution is 6.21. The van der Waals surface area contributed by atoms with E-state index in [1.54, 1.807) is 11.8 Å². The lowest BCUT2D eigenvalue weighted by Gasteiger charge is -2.43. The van der Waals surface area contributed by atoms with Crippen LogP contribution in [0, 0.1) is 35.5 Å². The number of hydrogen-bond acceptors (Lipinski definition) is 13. The number of nitrogens with one attached hydrogen (secondary N) is 3. The van der Waals surface area contributed by atoms with E-state index < -0.39 is 174 Å². The van der Waals surface area contributed by atoms with Crippen LogP contribution in [0.1, 0.15) is 207 Å². The van der Waals surface area contributed by atoms with Gasteiger partial charge in [-0.1, -0.05) is 98.3 Å². The lowest BCUT2D eigenvalue weighted by atomic mass is 9.78. The minimum Gasteiger partial charge on any atom is -0.379 e. The second-order valence-corrected chi connectivity index (χ2v) is 32.4. The average molecular weight is 1490 g/mol. The summed E-state index contributed by atoms with van der Waals surface area (Å²) in [6.45, 7) is 6.64. The standard InChI is InChI=1S/C75H122ClF3N12O13/c1-12-49(4)64-71(101)85(7)45-62(94)83(5)46-63(95)86(8)57(42-50-25-16-13-17-26-50)69(99)84(6)44-60(92)80-55(33-31-51-30-32-53(54(76)41-51)75(77,78)79)68(98)91-39-24-29-56(91)67(97)82-74(35-20-21-36-74)73(103)89(11)65(52-27-18-14-19-28-52)72(102)88(10)58(70(100)90-37-22-15-23-38-90)43-61(93)87(9)59(66(96)81-64)47-104-40-34-48(2)3/h48-59,64-65H,12-47H2,1-11H3,(H,80,92)(H,81,96)(H,82,97)/t49-,51?,53?,54?,55-,56-,57-,58-,59-,64-,65-/m0/s1. The summed E-state index contributed by atoms with van der Waals surface area (Å²) in [6.07, 6.45) is 8.19. The summed E-state index contributed by atoms with van der Waals surface area (Å²) in [4.78, 5) is 192. The van der Waals surface area contributed by atoms with Crippen LogP contribution in [0.3, 0.4) is 0 Å². The number of likely N-dealkylation sites (tertiary alicyclic amines) is 1. The lowest BCUT2D eigenvalue weighted by molar-refractivity contribution is -0.182. The summed E-state index contributed by atoms with van der Waals surface area (Å²) in [5, 5.41) is 7.61. The Morgan fingerprint density at radius 3 is 1.82 bits per heavy atom. The van der Waals surface area contributed by atoms with Crippen molar-refractivity contribution in [2.75, 3.05) is 102 Å². The number of hydrogen-bond donors (Lipinski definition) is 3. The van der Waals surface area contributed by atoms with Crippen molar-refractivity contribution in [2.45, 2.75) is 267 Å². The second-order valence-electron chi connectivity index (χ2n) is 31.9. The molecule has 3 heterocycles. The third-order valence-electron chi connectivity index (χ3n) is 23.9. The van der Waals surface area contributed by atoms with Gasteiger partial charge in [0.1, 0.15) is 47.8 Å². The third kappa shape index (κ3) is 22.2. The molecule has 0 aromatic heterocycles. The summed E-state index contributed by atoms with van der Waals surface area (Å²) in [7, 11) is 10.0. The van der Waals surface area contributed by atoms with Gasteiger partial charge in [-0.05, 0) is 132 Å². The highest BCUT2D eigenvalue weighted by atomic mass is 35.5. The number of halogens is 4. The molecule has 1 spiro atoms. The minimum absolute atomic E-state index is 0.000371. The number of rotatable bonds is 14. The molecule has 7 rings (SSSR count). The number of nitrogens with zero attached hydrogens (tertiary/aromatic N) is 9. The Kier molecular flexibility index (Phi) is 31.8. The third-order valence-corrected chi connectivity index (χ3v) is 24.4. The molecular weight excluding hydrogens is 1370 g/mol. The highest BCUT2D eigenvalue weighted by Crippen LogP contribution is 2.44. The number of fused-ring (bicyclic) bond motifs is 1. The number of ether oxygens (including phenoxy) is 1. The molecule has 7 aliphatic rings. The van der Waals surface area contributed by atoms with E-state index in [-0.39, 0.29) is 95.3 Å². The zero-order valence-corrected chi connectivity index (χ0v) is 64.6. The summed E-state index contributed by atoms with van der Waals surface area (Å²) < 4.78 is 48.2. The Hall–Kier alpha value is -6.32. The van der Waals surface area contributed by atoms with E-state index in [1.165, 1.54) is 73.8 Å². The van der Waals surface area contributed by atoms with Crippen LogP contribution in [-0.2, 0) is 62.3 Å². The molecule has 4 saturated carbocycles. The second kappa shape index (κ2) is 39.0. The van der Waals surface area contributed by atoms with E-state index in [0.717, 1.165) is 72.5 Å². The van der Waals surface area contributed by atoms with Crippen molar-refractivity contribution < 1.29 is 75.4 Å². The van der Waals surface area contributed by atoms with Crippen LogP contribution >= 0.6 is 11.6 Å². The molecule has 0 bridgehead atoms. The van der Waals surface area contributed by atoms with Crippen molar-refractivity contribution >= 4 is 82.5 Å². The van der Waals surface area contributed by atoms with Crippen molar-refractivity contribution in [3.8, 4) is 0 Å². The van der Waals surface area contributed by atoms with Gasteiger partial charge in [-0.3, -0.25) is 57.5 Å². The Bertz CT molecular complexity index is 2980. The first-order valence-corrected chi connectivity index (χ1v) is 39.2. The van der Waals surface area contributed by atoms with Crippen LogP contribution in [0.4, 0.5) is 13.2 Å². The SMILES string of the molecule is CC[C@H](C)[C@@H]1NC(=O)[C@H](COCCC(C)C)N(C)C(=O)C[C@@H](C(=O)N2CCCCC2)N(C)C(=O)[C@H](C2CCCCC2)N(C)C(=O)C2(CCCC2)NC(=O)[C@@H]2CCCN2C(=O)[C@H](CCC2CCC(C(F)(F)F)C(Cl)C2)NC(=O)CN(C)C(=O)[C@H](CC2CCCCC2)N(C)C(=O)CN(C)C(=O)CN(C)C1=O. The van der Waals surface area contributed by atoms with Crippen LogP contribution in [0.2, 0.25) is 0 Å². The minimum atomic E-state index is -4.51. The van der Waals surface area contributed by atoms with E-state index in [0.29, 0.717) is 70.9 Å². The zero-order chi connectivity index (χ0) is 76.5. The molecular formula is C75H122ClF3N12O13. The van der Waals surface area contributed by atoms with Gasteiger partial charge in [0.2, 0.25) is 70.9 Å². The fourth-order valence-electron chi connectivity index (χ4n) is 16.8. The van der Waals surface area contributed by atoms with E-state index in [1.807, 2.05) is 20.8 Å². The largest absolute Gasteiger partial charge is 0.393 e. The summed E-state index contributed by atoms with van der Waals surface area (Å²) in [5.41, 5.74) is -1.56. The van der Waals surface area contributed by atoms with Crippen LogP contribution < -0.4 is 16.0 Å². The van der Waals surface area contributed by atoms with Crippen LogP contribution in [0.25, 0.3) is 0 Å². The molecule has 0 aromatic carbocycles. The normalized spacial score (nSPS) is 29.4. The highest BCUT2D eigenvalue weighted by Gasteiger charge is 2.52. The van der Waals surface area contributed by atoms with Crippen LogP contribution in [-0.4, -0.2) is 276 Å². The predicted octanol–water partition coefficient (Wildman–Crippen LogP) is 6.50. The van der Waals surface area contributed by atoms with Gasteiger partial charge in [0.05, 0.1) is 38.6 Å². The molecule has 3 aliphatic heterocycles. The fourth-order valence-corrected chi connectivity index (χ4v) is 17.3. The molecule has 11 atom stereocenters. The Morgan fingerprint density at radius 1 is 0.596 bits per heavy atom. The average Bonchev–Trinajstić information content (AvgIpc) is 1.44. The first kappa shape index (κ1) is 84.9. The van der Waals surface area contributed by atoms with E-state index in [9.17, 15) is 37.1 Å². The van der Waals surface area contributed by atoms with Crippen molar-refractivity contribution in [1.29, 1.82) is 0 Å². The molecule has 7 fully saturated rings. The quantitative estimate of drug-likeness (QED) is 0.124. The predicted molar refractivity (Wildman–Crippen MR) is 385 cm³/mol. The van der Waals surface area contributed by atoms with Crippen LogP contribution in [0.5, 0.6) is 0 Å². The van der Waals surface area contributed by atoms with Crippen molar-refractivity contribution in [3.63, 3.8) is 0 Å². The molecule has 3 unspecified atom stereocenters. The first-order chi connectivity index (χ1) is 49.2. The van der Waals surface area contributed by atoms with E-state index in [4.69, 9.17) is 16.3 Å². The van der Waals surface area contributed by atoms with Gasteiger partial charge >= 0.3 is 6.18 Å². The smallest absolute Gasteiger partial charge is 0.379 e. The number of alkyl halides is 4. The van der Waals surface area contributed by atoms with Gasteiger partial charge in [0, 0.05) is 81.0 Å². The van der Waals surface area contributed by atoms with Gasteiger partial charge in [-0.15, -0.1) is 11.6 Å². The number of likely N-dealkylation sites (N-methyl/N-ethyl adjacent to an activating group) is 7. The van der Waals surface area contributed by atoms with Crippen molar-refractivity contribution in [3.05, 3.63) is 0 Å². The molecule has 25 nitrogen and oxygen atoms in total. The van der Waals surface area contributed by atoms with Gasteiger partial charge in [0.15, 0.2) is 0 Å². The Balaban J connectivity index is 1.28. The van der Waals surface area contributed by atoms with Gasteiger partial charge < -0.3 is 64.8 Å². The first-order valence-electron chi connectivity index (χ1n) is 38.8. The monoisotopic (exact) mass is 1490 g/mol.